The molecular weight excluding hydrogens is 419 g/mol. The summed E-state index contributed by atoms with van der Waals surface area (Å²) in [6.07, 6.45) is 1.23. The summed E-state index contributed by atoms with van der Waals surface area (Å²) in [6, 6.07) is 10.4. The predicted octanol–water partition coefficient (Wildman–Crippen LogP) is 4.65. The Bertz CT molecular complexity index is 1010. The second kappa shape index (κ2) is 8.41. The molecule has 1 saturated heterocycles. The van der Waals surface area contributed by atoms with Crippen LogP contribution in [0.5, 0.6) is 0 Å². The van der Waals surface area contributed by atoms with Gasteiger partial charge in [0.05, 0.1) is 26.5 Å². The van der Waals surface area contributed by atoms with Crippen LogP contribution >= 0.6 is 23.2 Å². The van der Waals surface area contributed by atoms with Gasteiger partial charge in [0.2, 0.25) is 15.9 Å². The summed E-state index contributed by atoms with van der Waals surface area (Å²) < 4.78 is 27.7. The molecule has 3 rings (SSSR count). The second-order valence-electron chi connectivity index (χ2n) is 7.06. The highest BCUT2D eigenvalue weighted by atomic mass is 35.5. The number of nitrogens with one attached hydrogen (secondary N) is 1. The van der Waals surface area contributed by atoms with Gasteiger partial charge < -0.3 is 5.32 Å². The first-order valence-electron chi connectivity index (χ1n) is 9.02. The average Bonchev–Trinajstić information content (AvgIpc) is 2.67. The van der Waals surface area contributed by atoms with Gasteiger partial charge in [-0.1, -0.05) is 41.4 Å². The number of nitrogens with zero attached hydrogens (tertiary/aromatic N) is 1. The lowest BCUT2D eigenvalue weighted by Gasteiger charge is -2.31. The van der Waals surface area contributed by atoms with Crippen molar-refractivity contribution in [2.45, 2.75) is 31.6 Å². The van der Waals surface area contributed by atoms with Crippen molar-refractivity contribution in [3.63, 3.8) is 0 Å². The van der Waals surface area contributed by atoms with E-state index in [1.54, 1.807) is 37.3 Å². The van der Waals surface area contributed by atoms with Crippen molar-refractivity contribution in [3.8, 4) is 0 Å². The van der Waals surface area contributed by atoms with Crippen LogP contribution in [0.4, 0.5) is 5.69 Å². The molecular formula is C20H22Cl2N2O3S. The van der Waals surface area contributed by atoms with E-state index in [0.29, 0.717) is 40.6 Å². The van der Waals surface area contributed by atoms with E-state index in [9.17, 15) is 13.2 Å². The quantitative estimate of drug-likeness (QED) is 0.751. The minimum atomic E-state index is -3.66. The minimum Gasteiger partial charge on any atom is -0.324 e. The molecule has 0 radical (unpaired) electrons. The van der Waals surface area contributed by atoms with Gasteiger partial charge in [-0.3, -0.25) is 4.79 Å². The third kappa shape index (κ3) is 4.35. The highest BCUT2D eigenvalue weighted by Crippen LogP contribution is 2.31. The molecule has 5 nitrogen and oxygen atoms in total. The normalized spacial score (nSPS) is 18.1. The zero-order chi connectivity index (χ0) is 20.5. The lowest BCUT2D eigenvalue weighted by molar-refractivity contribution is -0.120. The number of benzene rings is 2. The van der Waals surface area contributed by atoms with Gasteiger partial charge in [0.1, 0.15) is 0 Å². The minimum absolute atomic E-state index is 0.139. The van der Waals surface area contributed by atoms with Crippen LogP contribution in [-0.4, -0.2) is 31.7 Å². The fourth-order valence-corrected chi connectivity index (χ4v) is 5.52. The number of anilines is 1. The third-order valence-corrected chi connectivity index (χ3v) is 7.75. The molecule has 0 saturated carbocycles. The SMILES string of the molecule is Cc1ccc(C)c(S(=O)(=O)N2CCC[C@H](C(=O)Nc3cccc(Cl)c3Cl)C2)c1. The largest absolute Gasteiger partial charge is 0.324 e. The predicted molar refractivity (Wildman–Crippen MR) is 112 cm³/mol. The molecule has 0 aromatic heterocycles. The van der Waals surface area contributed by atoms with Crippen LogP contribution in [0.25, 0.3) is 0 Å². The van der Waals surface area contributed by atoms with Crippen molar-refractivity contribution in [1.82, 2.24) is 4.31 Å². The standard InChI is InChI=1S/C20H22Cl2N2O3S/c1-13-8-9-14(2)18(11-13)28(26,27)24-10-4-5-15(12-24)20(25)23-17-7-3-6-16(21)19(17)22/h3,6-9,11,15H,4-5,10,12H2,1-2H3,(H,23,25)/t15-/m0/s1. The Morgan fingerprint density at radius 1 is 1.18 bits per heavy atom. The molecule has 0 bridgehead atoms. The number of halogens is 2. The Labute approximate surface area is 175 Å². The fourth-order valence-electron chi connectivity index (χ4n) is 3.33. The maximum atomic E-state index is 13.1. The third-order valence-electron chi connectivity index (χ3n) is 4.93. The van der Waals surface area contributed by atoms with Crippen molar-refractivity contribution in [2.75, 3.05) is 18.4 Å². The second-order valence-corrected chi connectivity index (χ2v) is 9.75. The van der Waals surface area contributed by atoms with Gasteiger partial charge in [-0.15, -0.1) is 0 Å². The Kier molecular flexibility index (Phi) is 6.34. The van der Waals surface area contributed by atoms with Crippen LogP contribution in [0.2, 0.25) is 10.0 Å². The number of hydrogen-bond acceptors (Lipinski definition) is 3. The molecule has 0 aliphatic carbocycles. The molecule has 1 aliphatic heterocycles. The first kappa shape index (κ1) is 21.1. The summed E-state index contributed by atoms with van der Waals surface area (Å²) in [7, 11) is -3.66. The van der Waals surface area contributed by atoms with Crippen LogP contribution in [0.15, 0.2) is 41.3 Å². The summed E-state index contributed by atoms with van der Waals surface area (Å²) in [5.74, 6) is -0.714. The van der Waals surface area contributed by atoms with E-state index in [4.69, 9.17) is 23.2 Å². The lowest BCUT2D eigenvalue weighted by Crippen LogP contribution is -2.43. The van der Waals surface area contributed by atoms with E-state index < -0.39 is 15.9 Å². The Balaban J connectivity index is 1.79. The number of carbonyl (C=O) groups excluding carboxylic acids is 1. The molecule has 0 unspecified atom stereocenters. The van der Waals surface area contributed by atoms with Crippen LogP contribution in [0.1, 0.15) is 24.0 Å². The summed E-state index contributed by atoms with van der Waals surface area (Å²) in [4.78, 5) is 13.0. The molecule has 0 spiro atoms. The molecule has 1 amide bonds. The highest BCUT2D eigenvalue weighted by molar-refractivity contribution is 7.89. The lowest BCUT2D eigenvalue weighted by atomic mass is 9.98. The molecule has 28 heavy (non-hydrogen) atoms. The van der Waals surface area contributed by atoms with Crippen LogP contribution in [0, 0.1) is 19.8 Å². The number of rotatable bonds is 4. The van der Waals surface area contributed by atoms with E-state index in [0.717, 1.165) is 5.56 Å². The van der Waals surface area contributed by atoms with E-state index >= 15 is 0 Å². The number of hydrogen-bond donors (Lipinski definition) is 1. The van der Waals surface area contributed by atoms with Gasteiger partial charge >= 0.3 is 0 Å². The zero-order valence-corrected chi connectivity index (χ0v) is 18.0. The number of piperidine rings is 1. The summed E-state index contributed by atoms with van der Waals surface area (Å²) in [5, 5.41) is 3.40. The Hall–Kier alpha value is -1.60. The van der Waals surface area contributed by atoms with Crippen LogP contribution < -0.4 is 5.32 Å². The molecule has 1 atom stereocenters. The van der Waals surface area contributed by atoms with E-state index in [-0.39, 0.29) is 17.5 Å². The summed E-state index contributed by atoms with van der Waals surface area (Å²) in [6.45, 7) is 4.18. The van der Waals surface area contributed by atoms with Gasteiger partial charge in [0.15, 0.2) is 0 Å². The molecule has 1 N–H and O–H groups in total. The summed E-state index contributed by atoms with van der Waals surface area (Å²) >= 11 is 12.1. The van der Waals surface area contributed by atoms with Gasteiger partial charge in [-0.25, -0.2) is 8.42 Å². The number of carbonyl (C=O) groups is 1. The van der Waals surface area contributed by atoms with E-state index in [1.165, 1.54) is 4.31 Å². The van der Waals surface area contributed by atoms with Crippen LogP contribution in [-0.2, 0) is 14.8 Å². The van der Waals surface area contributed by atoms with E-state index in [2.05, 4.69) is 5.32 Å². The number of aryl methyl sites for hydroxylation is 2. The molecule has 150 valence electrons. The van der Waals surface area contributed by atoms with Gasteiger partial charge in [0.25, 0.3) is 0 Å². The Morgan fingerprint density at radius 3 is 2.68 bits per heavy atom. The first-order chi connectivity index (χ1) is 13.2. The van der Waals surface area contributed by atoms with Crippen molar-refractivity contribution in [2.24, 2.45) is 5.92 Å². The molecule has 2 aromatic carbocycles. The maximum Gasteiger partial charge on any atom is 0.243 e. The van der Waals surface area contributed by atoms with Crippen molar-refractivity contribution < 1.29 is 13.2 Å². The molecule has 1 heterocycles. The summed E-state index contributed by atoms with van der Waals surface area (Å²) in [5.41, 5.74) is 2.00. The topological polar surface area (TPSA) is 66.5 Å². The van der Waals surface area contributed by atoms with Crippen molar-refractivity contribution >= 4 is 44.8 Å². The highest BCUT2D eigenvalue weighted by Gasteiger charge is 2.34. The first-order valence-corrected chi connectivity index (χ1v) is 11.2. The number of amides is 1. The van der Waals surface area contributed by atoms with Crippen molar-refractivity contribution in [3.05, 3.63) is 57.6 Å². The molecule has 2 aromatic rings. The van der Waals surface area contributed by atoms with Gasteiger partial charge in [0, 0.05) is 13.1 Å². The molecule has 1 fully saturated rings. The van der Waals surface area contributed by atoms with Gasteiger partial charge in [-0.2, -0.15) is 4.31 Å². The molecule has 8 heteroatoms. The molecule has 1 aliphatic rings. The van der Waals surface area contributed by atoms with Gasteiger partial charge in [-0.05, 0) is 56.0 Å². The van der Waals surface area contributed by atoms with E-state index in [1.807, 2.05) is 13.0 Å². The smallest absolute Gasteiger partial charge is 0.243 e. The zero-order valence-electron chi connectivity index (χ0n) is 15.7. The van der Waals surface area contributed by atoms with Crippen molar-refractivity contribution in [1.29, 1.82) is 0 Å². The monoisotopic (exact) mass is 440 g/mol. The Morgan fingerprint density at radius 2 is 1.93 bits per heavy atom. The van der Waals surface area contributed by atoms with Crippen LogP contribution in [0.3, 0.4) is 0 Å². The maximum absolute atomic E-state index is 13.1. The average molecular weight is 441 g/mol. The number of sulfonamides is 1. The fraction of sp³-hybridized carbons (Fsp3) is 0.350.